The molecular weight excluding hydrogens is 244 g/mol. The lowest BCUT2D eigenvalue weighted by Crippen LogP contribution is -2.61. The molecule has 5 nitrogen and oxygen atoms in total. The standard InChI is InChI=1S/C14H26N2O3/c1-5-11(10(2)3)15-13(19)16-9-7-6-8-14(16,4)12(17)18/h10-11H,5-9H2,1-4H3,(H,15,19)(H,17,18). The summed E-state index contributed by atoms with van der Waals surface area (Å²) in [7, 11) is 0. The Hall–Kier alpha value is -1.26. The van der Waals surface area contributed by atoms with E-state index < -0.39 is 11.5 Å². The van der Waals surface area contributed by atoms with E-state index in [1.54, 1.807) is 6.92 Å². The molecule has 1 rings (SSSR count). The number of hydrogen-bond donors (Lipinski definition) is 2. The van der Waals surface area contributed by atoms with E-state index in [0.717, 1.165) is 19.3 Å². The number of nitrogens with zero attached hydrogens (tertiary/aromatic N) is 1. The summed E-state index contributed by atoms with van der Waals surface area (Å²) >= 11 is 0. The molecule has 2 amide bonds. The van der Waals surface area contributed by atoms with Crippen LogP contribution in [0.2, 0.25) is 0 Å². The van der Waals surface area contributed by atoms with Crippen LogP contribution in [0.4, 0.5) is 4.79 Å². The van der Waals surface area contributed by atoms with Gasteiger partial charge in [0.05, 0.1) is 0 Å². The van der Waals surface area contributed by atoms with Crippen LogP contribution in [0.15, 0.2) is 0 Å². The minimum atomic E-state index is -1.07. The second-order valence-corrected chi connectivity index (χ2v) is 5.90. The largest absolute Gasteiger partial charge is 0.480 e. The number of hydrogen-bond acceptors (Lipinski definition) is 2. The lowest BCUT2D eigenvalue weighted by molar-refractivity contribution is -0.150. The molecule has 2 N–H and O–H groups in total. The van der Waals surface area contributed by atoms with Crippen LogP contribution in [0.5, 0.6) is 0 Å². The van der Waals surface area contributed by atoms with Gasteiger partial charge in [0.25, 0.3) is 0 Å². The van der Waals surface area contributed by atoms with Crippen molar-refractivity contribution in [1.29, 1.82) is 0 Å². The molecule has 1 saturated heterocycles. The van der Waals surface area contributed by atoms with E-state index in [-0.39, 0.29) is 12.1 Å². The molecule has 19 heavy (non-hydrogen) atoms. The molecule has 0 aliphatic carbocycles. The number of nitrogens with one attached hydrogen (secondary N) is 1. The number of rotatable bonds is 4. The molecule has 0 radical (unpaired) electrons. The predicted octanol–water partition coefficient (Wildman–Crippen LogP) is 2.46. The highest BCUT2D eigenvalue weighted by Crippen LogP contribution is 2.28. The van der Waals surface area contributed by atoms with Crippen molar-refractivity contribution in [3.63, 3.8) is 0 Å². The molecule has 0 aromatic rings. The summed E-state index contributed by atoms with van der Waals surface area (Å²) in [5, 5.41) is 12.4. The Morgan fingerprint density at radius 3 is 2.47 bits per heavy atom. The molecule has 0 bridgehead atoms. The van der Waals surface area contributed by atoms with Gasteiger partial charge in [-0.3, -0.25) is 0 Å². The number of carbonyl (C=O) groups is 2. The van der Waals surface area contributed by atoms with Crippen molar-refractivity contribution < 1.29 is 14.7 Å². The second-order valence-electron chi connectivity index (χ2n) is 5.90. The monoisotopic (exact) mass is 270 g/mol. The van der Waals surface area contributed by atoms with Crippen LogP contribution in [0.1, 0.15) is 53.4 Å². The number of carboxylic acid groups (broad SMARTS) is 1. The Labute approximate surface area is 115 Å². The van der Waals surface area contributed by atoms with Gasteiger partial charge in [-0.2, -0.15) is 0 Å². The number of aliphatic carboxylic acids is 1. The fourth-order valence-corrected chi connectivity index (χ4v) is 2.65. The first kappa shape index (κ1) is 15.8. The first-order chi connectivity index (χ1) is 8.82. The topological polar surface area (TPSA) is 69.6 Å². The zero-order chi connectivity index (χ0) is 14.6. The maximum Gasteiger partial charge on any atom is 0.329 e. The first-order valence-corrected chi connectivity index (χ1v) is 7.14. The molecule has 5 heteroatoms. The molecule has 0 aromatic carbocycles. The molecule has 1 fully saturated rings. The third kappa shape index (κ3) is 3.39. The summed E-state index contributed by atoms with van der Waals surface area (Å²) in [5.74, 6) is -0.574. The van der Waals surface area contributed by atoms with Gasteiger partial charge in [0.2, 0.25) is 0 Å². The predicted molar refractivity (Wildman–Crippen MR) is 74.0 cm³/mol. The second kappa shape index (κ2) is 6.26. The molecule has 0 aromatic heterocycles. The third-order valence-corrected chi connectivity index (χ3v) is 4.15. The average molecular weight is 270 g/mol. The Kier molecular flexibility index (Phi) is 5.20. The lowest BCUT2D eigenvalue weighted by Gasteiger charge is -2.42. The van der Waals surface area contributed by atoms with Gasteiger partial charge in [0.1, 0.15) is 5.54 Å². The number of amides is 2. The van der Waals surface area contributed by atoms with E-state index in [9.17, 15) is 14.7 Å². The average Bonchev–Trinajstić information content (AvgIpc) is 2.35. The van der Waals surface area contributed by atoms with E-state index >= 15 is 0 Å². The van der Waals surface area contributed by atoms with E-state index in [4.69, 9.17) is 0 Å². The van der Waals surface area contributed by atoms with Crippen LogP contribution >= 0.6 is 0 Å². The van der Waals surface area contributed by atoms with Crippen LogP contribution < -0.4 is 5.32 Å². The summed E-state index contributed by atoms with van der Waals surface area (Å²) in [6, 6.07) is -0.155. The highest BCUT2D eigenvalue weighted by molar-refractivity contribution is 5.86. The van der Waals surface area contributed by atoms with Crippen LogP contribution in [-0.4, -0.2) is 40.1 Å². The molecule has 0 saturated carbocycles. The highest BCUT2D eigenvalue weighted by atomic mass is 16.4. The van der Waals surface area contributed by atoms with Gasteiger partial charge in [-0.1, -0.05) is 20.8 Å². The Bertz CT molecular complexity index is 344. The van der Waals surface area contributed by atoms with E-state index in [1.807, 2.05) is 6.92 Å². The maximum absolute atomic E-state index is 12.3. The van der Waals surface area contributed by atoms with Gasteiger partial charge in [0, 0.05) is 12.6 Å². The SMILES string of the molecule is CCC(NC(=O)N1CCCCC1(C)C(=O)O)C(C)C. The lowest BCUT2D eigenvalue weighted by atomic mass is 9.88. The smallest absolute Gasteiger partial charge is 0.329 e. The number of likely N-dealkylation sites (tertiary alicyclic amines) is 1. The van der Waals surface area contributed by atoms with Gasteiger partial charge in [-0.05, 0) is 38.5 Å². The molecule has 2 atom stereocenters. The van der Waals surface area contributed by atoms with Gasteiger partial charge in [-0.15, -0.1) is 0 Å². The zero-order valence-corrected chi connectivity index (χ0v) is 12.4. The van der Waals surface area contributed by atoms with Crippen molar-refractivity contribution >= 4 is 12.0 Å². The number of carbonyl (C=O) groups excluding carboxylic acids is 1. The summed E-state index contributed by atoms with van der Waals surface area (Å²) in [6.07, 6.45) is 3.10. The fraction of sp³-hybridized carbons (Fsp3) is 0.857. The number of carboxylic acids is 1. The van der Waals surface area contributed by atoms with Crippen molar-refractivity contribution in [3.05, 3.63) is 0 Å². The number of urea groups is 1. The van der Waals surface area contributed by atoms with Gasteiger partial charge < -0.3 is 15.3 Å². The minimum Gasteiger partial charge on any atom is -0.480 e. The molecule has 1 aliphatic rings. The maximum atomic E-state index is 12.3. The van der Waals surface area contributed by atoms with Crippen LogP contribution in [0.3, 0.4) is 0 Å². The van der Waals surface area contributed by atoms with Crippen LogP contribution in [-0.2, 0) is 4.79 Å². The normalized spacial score (nSPS) is 25.2. The van der Waals surface area contributed by atoms with Crippen LogP contribution in [0, 0.1) is 5.92 Å². The fourth-order valence-electron chi connectivity index (χ4n) is 2.65. The molecule has 110 valence electrons. The summed E-state index contributed by atoms with van der Waals surface area (Å²) in [4.78, 5) is 25.3. The molecular formula is C14H26N2O3. The minimum absolute atomic E-state index is 0.0903. The summed E-state index contributed by atoms with van der Waals surface area (Å²) < 4.78 is 0. The Morgan fingerprint density at radius 2 is 2.00 bits per heavy atom. The zero-order valence-electron chi connectivity index (χ0n) is 12.4. The van der Waals surface area contributed by atoms with Crippen LogP contribution in [0.25, 0.3) is 0 Å². The van der Waals surface area contributed by atoms with Gasteiger partial charge in [0.15, 0.2) is 0 Å². The Morgan fingerprint density at radius 1 is 1.37 bits per heavy atom. The molecule has 1 heterocycles. The molecule has 0 spiro atoms. The van der Waals surface area contributed by atoms with Crippen molar-refractivity contribution in [2.75, 3.05) is 6.54 Å². The van der Waals surface area contributed by atoms with Gasteiger partial charge in [-0.25, -0.2) is 9.59 Å². The Balaban J connectivity index is 2.81. The first-order valence-electron chi connectivity index (χ1n) is 7.14. The van der Waals surface area contributed by atoms with E-state index in [0.29, 0.717) is 18.9 Å². The van der Waals surface area contributed by atoms with Crippen molar-refractivity contribution in [2.24, 2.45) is 5.92 Å². The summed E-state index contributed by atoms with van der Waals surface area (Å²) in [6.45, 7) is 8.30. The molecule has 2 unspecified atom stereocenters. The van der Waals surface area contributed by atoms with Crippen molar-refractivity contribution in [3.8, 4) is 0 Å². The van der Waals surface area contributed by atoms with Gasteiger partial charge >= 0.3 is 12.0 Å². The van der Waals surface area contributed by atoms with Crippen molar-refractivity contribution in [1.82, 2.24) is 10.2 Å². The van der Waals surface area contributed by atoms with Crippen molar-refractivity contribution in [2.45, 2.75) is 65.0 Å². The molecule has 1 aliphatic heterocycles. The van der Waals surface area contributed by atoms with E-state index in [2.05, 4.69) is 19.2 Å². The highest BCUT2D eigenvalue weighted by Gasteiger charge is 2.44. The summed E-state index contributed by atoms with van der Waals surface area (Å²) in [5.41, 5.74) is -1.07. The quantitative estimate of drug-likeness (QED) is 0.824. The third-order valence-electron chi connectivity index (χ3n) is 4.15. The number of piperidine rings is 1. The van der Waals surface area contributed by atoms with E-state index in [1.165, 1.54) is 4.90 Å².